The van der Waals surface area contributed by atoms with E-state index in [2.05, 4.69) is 5.32 Å². The number of methoxy groups -OCH3 is 1. The van der Waals surface area contributed by atoms with Crippen LogP contribution in [0.5, 0.6) is 5.75 Å². The quantitative estimate of drug-likeness (QED) is 0.589. The lowest BCUT2D eigenvalue weighted by Gasteiger charge is -2.06. The highest BCUT2D eigenvalue weighted by Crippen LogP contribution is 2.27. The molecular formula is C22H26N4O2. The first-order valence-electron chi connectivity index (χ1n) is 9.42. The number of aryl methyl sites for hydroxylation is 1. The van der Waals surface area contributed by atoms with Gasteiger partial charge in [-0.3, -0.25) is 4.79 Å². The highest BCUT2D eigenvalue weighted by molar-refractivity contribution is 6.00. The van der Waals surface area contributed by atoms with Gasteiger partial charge in [-0.25, -0.2) is 4.68 Å². The minimum absolute atomic E-state index is 0.145. The summed E-state index contributed by atoms with van der Waals surface area (Å²) in [6.45, 7) is 3.24. The summed E-state index contributed by atoms with van der Waals surface area (Å²) in [5, 5.41) is 7.67. The van der Waals surface area contributed by atoms with Crippen LogP contribution in [0.1, 0.15) is 28.8 Å². The van der Waals surface area contributed by atoms with Gasteiger partial charge in [-0.05, 0) is 50.6 Å². The molecule has 0 saturated carbocycles. The fourth-order valence-electron chi connectivity index (χ4n) is 2.92. The second kappa shape index (κ2) is 9.19. The normalized spacial score (nSPS) is 10.7. The number of carbonyl (C=O) groups excluding carboxylic acids is 1. The van der Waals surface area contributed by atoms with Gasteiger partial charge in [-0.15, -0.1) is 0 Å². The summed E-state index contributed by atoms with van der Waals surface area (Å²) in [7, 11) is 1.62. The third-order valence-corrected chi connectivity index (χ3v) is 4.52. The van der Waals surface area contributed by atoms with Crippen LogP contribution in [0.2, 0.25) is 0 Å². The molecule has 1 aromatic heterocycles. The van der Waals surface area contributed by atoms with E-state index in [1.54, 1.807) is 18.0 Å². The van der Waals surface area contributed by atoms with Gasteiger partial charge in [0.1, 0.15) is 11.4 Å². The first-order chi connectivity index (χ1) is 13.6. The summed E-state index contributed by atoms with van der Waals surface area (Å²) in [5.41, 5.74) is 9.57. The Morgan fingerprint density at radius 1 is 1.18 bits per heavy atom. The van der Waals surface area contributed by atoms with Crippen LogP contribution in [0.4, 0.5) is 0 Å². The first-order valence-corrected chi connectivity index (χ1v) is 9.42. The van der Waals surface area contributed by atoms with Gasteiger partial charge in [0.05, 0.1) is 18.4 Å². The fourth-order valence-corrected chi connectivity index (χ4v) is 2.92. The molecule has 0 saturated heterocycles. The van der Waals surface area contributed by atoms with Gasteiger partial charge < -0.3 is 15.8 Å². The van der Waals surface area contributed by atoms with E-state index in [0.29, 0.717) is 24.3 Å². The standard InChI is InChI=1S/C22H26N4O2/c1-16-8-10-18(11-9-16)26-15-20(22(27)24-13-4-3-12-23)21(25-26)17-6-5-7-19(14-17)28-2/h5-11,14-15H,3-4,12-13,23H2,1-2H3,(H,24,27). The Hall–Kier alpha value is -3.12. The van der Waals surface area contributed by atoms with Crippen LogP contribution >= 0.6 is 0 Å². The molecule has 0 spiro atoms. The highest BCUT2D eigenvalue weighted by atomic mass is 16.5. The van der Waals surface area contributed by atoms with Crippen molar-refractivity contribution in [3.05, 3.63) is 65.9 Å². The number of hydrogen-bond acceptors (Lipinski definition) is 4. The van der Waals surface area contributed by atoms with Gasteiger partial charge in [0.2, 0.25) is 0 Å². The fraction of sp³-hybridized carbons (Fsp3) is 0.273. The molecule has 0 aliphatic rings. The topological polar surface area (TPSA) is 82.2 Å². The summed E-state index contributed by atoms with van der Waals surface area (Å²) in [4.78, 5) is 12.8. The summed E-state index contributed by atoms with van der Waals surface area (Å²) in [6.07, 6.45) is 3.51. The Kier molecular flexibility index (Phi) is 6.45. The predicted molar refractivity (Wildman–Crippen MR) is 111 cm³/mol. The van der Waals surface area contributed by atoms with Crippen molar-refractivity contribution in [1.29, 1.82) is 0 Å². The monoisotopic (exact) mass is 378 g/mol. The largest absolute Gasteiger partial charge is 0.497 e. The molecule has 0 bridgehead atoms. The van der Waals surface area contributed by atoms with Crippen LogP contribution in [-0.4, -0.2) is 35.9 Å². The molecule has 3 aromatic rings. The van der Waals surface area contributed by atoms with Crippen molar-refractivity contribution in [2.45, 2.75) is 19.8 Å². The van der Waals surface area contributed by atoms with E-state index in [0.717, 1.165) is 29.8 Å². The van der Waals surface area contributed by atoms with Crippen LogP contribution in [0.15, 0.2) is 54.7 Å². The molecule has 0 radical (unpaired) electrons. The van der Waals surface area contributed by atoms with E-state index in [9.17, 15) is 4.79 Å². The average molecular weight is 378 g/mol. The summed E-state index contributed by atoms with van der Waals surface area (Å²) < 4.78 is 7.07. The number of nitrogens with one attached hydrogen (secondary N) is 1. The van der Waals surface area contributed by atoms with E-state index < -0.39 is 0 Å². The van der Waals surface area contributed by atoms with Crippen LogP contribution < -0.4 is 15.8 Å². The van der Waals surface area contributed by atoms with Crippen molar-refractivity contribution >= 4 is 5.91 Å². The minimum Gasteiger partial charge on any atom is -0.497 e. The molecule has 2 aromatic carbocycles. The molecule has 1 amide bonds. The zero-order valence-corrected chi connectivity index (χ0v) is 16.3. The van der Waals surface area contributed by atoms with Crippen LogP contribution in [0.3, 0.4) is 0 Å². The Labute approximate surface area is 165 Å². The SMILES string of the molecule is COc1cccc(-c2nn(-c3ccc(C)cc3)cc2C(=O)NCCCCN)c1. The van der Waals surface area contributed by atoms with Crippen molar-refractivity contribution in [2.75, 3.05) is 20.2 Å². The van der Waals surface area contributed by atoms with E-state index in [1.807, 2.05) is 55.5 Å². The van der Waals surface area contributed by atoms with Gasteiger partial charge in [0.15, 0.2) is 0 Å². The maximum Gasteiger partial charge on any atom is 0.255 e. The molecule has 0 aliphatic heterocycles. The Morgan fingerprint density at radius 3 is 2.68 bits per heavy atom. The number of rotatable bonds is 8. The second-order valence-electron chi connectivity index (χ2n) is 6.66. The molecule has 0 aliphatic carbocycles. The molecule has 0 fully saturated rings. The van der Waals surface area contributed by atoms with Gasteiger partial charge in [-0.2, -0.15) is 5.10 Å². The Morgan fingerprint density at radius 2 is 1.96 bits per heavy atom. The number of ether oxygens (including phenoxy) is 1. The number of unbranched alkanes of at least 4 members (excludes halogenated alkanes) is 1. The lowest BCUT2D eigenvalue weighted by molar-refractivity contribution is 0.0953. The van der Waals surface area contributed by atoms with Crippen molar-refractivity contribution in [3.8, 4) is 22.7 Å². The number of aromatic nitrogens is 2. The van der Waals surface area contributed by atoms with Crippen LogP contribution in [-0.2, 0) is 0 Å². The molecule has 0 unspecified atom stereocenters. The molecule has 3 rings (SSSR count). The molecule has 0 atom stereocenters. The van der Waals surface area contributed by atoms with Gasteiger partial charge in [-0.1, -0.05) is 29.8 Å². The number of amides is 1. The number of hydrogen-bond donors (Lipinski definition) is 2. The third kappa shape index (κ3) is 4.58. The number of nitrogens with zero attached hydrogens (tertiary/aromatic N) is 2. The number of nitrogens with two attached hydrogens (primary N) is 1. The van der Waals surface area contributed by atoms with Gasteiger partial charge in [0, 0.05) is 18.3 Å². The smallest absolute Gasteiger partial charge is 0.255 e. The van der Waals surface area contributed by atoms with E-state index in [-0.39, 0.29) is 5.91 Å². The summed E-state index contributed by atoms with van der Waals surface area (Å²) >= 11 is 0. The molecular weight excluding hydrogens is 352 g/mol. The lowest BCUT2D eigenvalue weighted by Crippen LogP contribution is -2.25. The van der Waals surface area contributed by atoms with Gasteiger partial charge in [0.25, 0.3) is 5.91 Å². The second-order valence-corrected chi connectivity index (χ2v) is 6.66. The highest BCUT2D eigenvalue weighted by Gasteiger charge is 2.19. The Balaban J connectivity index is 1.97. The Bertz CT molecular complexity index is 932. The minimum atomic E-state index is -0.145. The summed E-state index contributed by atoms with van der Waals surface area (Å²) in [5.74, 6) is 0.574. The zero-order valence-electron chi connectivity index (χ0n) is 16.3. The van der Waals surface area contributed by atoms with Crippen LogP contribution in [0, 0.1) is 6.92 Å². The summed E-state index contributed by atoms with van der Waals surface area (Å²) in [6, 6.07) is 15.6. The predicted octanol–water partition coefficient (Wildman–Crippen LogP) is 3.33. The number of benzene rings is 2. The molecule has 146 valence electrons. The van der Waals surface area contributed by atoms with E-state index >= 15 is 0 Å². The van der Waals surface area contributed by atoms with Crippen LogP contribution in [0.25, 0.3) is 16.9 Å². The average Bonchev–Trinajstić information content (AvgIpc) is 3.17. The van der Waals surface area contributed by atoms with Gasteiger partial charge >= 0.3 is 0 Å². The lowest BCUT2D eigenvalue weighted by atomic mass is 10.1. The molecule has 28 heavy (non-hydrogen) atoms. The maximum absolute atomic E-state index is 12.8. The number of carbonyl (C=O) groups is 1. The third-order valence-electron chi connectivity index (χ3n) is 4.52. The molecule has 6 nitrogen and oxygen atoms in total. The molecule has 6 heteroatoms. The maximum atomic E-state index is 12.8. The molecule has 1 heterocycles. The van der Waals surface area contributed by atoms with Crippen molar-refractivity contribution in [1.82, 2.24) is 15.1 Å². The van der Waals surface area contributed by atoms with Crippen molar-refractivity contribution < 1.29 is 9.53 Å². The first kappa shape index (κ1) is 19.6. The molecule has 3 N–H and O–H groups in total. The van der Waals surface area contributed by atoms with Crippen molar-refractivity contribution in [3.63, 3.8) is 0 Å². The zero-order chi connectivity index (χ0) is 19.9. The van der Waals surface area contributed by atoms with Crippen molar-refractivity contribution in [2.24, 2.45) is 5.73 Å². The van der Waals surface area contributed by atoms with E-state index in [4.69, 9.17) is 15.6 Å². The van der Waals surface area contributed by atoms with E-state index in [1.165, 1.54) is 5.56 Å².